The van der Waals surface area contributed by atoms with Crippen molar-refractivity contribution in [3.63, 3.8) is 0 Å². The molecule has 1 aromatic carbocycles. The Morgan fingerprint density at radius 3 is 2.52 bits per heavy atom. The van der Waals surface area contributed by atoms with Crippen molar-refractivity contribution in [3.05, 3.63) is 29.8 Å². The minimum Gasteiger partial charge on any atom is -0.497 e. The van der Waals surface area contributed by atoms with Crippen LogP contribution in [0.2, 0.25) is 0 Å². The van der Waals surface area contributed by atoms with Crippen LogP contribution in [0.4, 0.5) is 4.79 Å². The Balaban J connectivity index is 2.08. The van der Waals surface area contributed by atoms with E-state index in [1.54, 1.807) is 19.2 Å². The van der Waals surface area contributed by atoms with Crippen LogP contribution >= 0.6 is 0 Å². The normalized spacial score (nSPS) is 23.6. The van der Waals surface area contributed by atoms with Gasteiger partial charge in [-0.15, -0.1) is 0 Å². The number of nitrogens with zero attached hydrogens (tertiary/aromatic N) is 1. The van der Waals surface area contributed by atoms with E-state index in [4.69, 9.17) is 9.84 Å². The molecule has 126 valence electrons. The fourth-order valence-electron chi connectivity index (χ4n) is 2.66. The third-order valence-corrected chi connectivity index (χ3v) is 3.89. The SMILES string of the molecule is COc1ccc(C[C@@H]2[C@H](O)[C@@H](O)CN2C(=O)CNC(=O)O)cc1. The summed E-state index contributed by atoms with van der Waals surface area (Å²) in [6.07, 6.45) is -3.08. The van der Waals surface area contributed by atoms with E-state index < -0.39 is 36.8 Å². The van der Waals surface area contributed by atoms with Gasteiger partial charge in [-0.05, 0) is 24.1 Å². The maximum absolute atomic E-state index is 12.1. The second-order valence-electron chi connectivity index (χ2n) is 5.38. The van der Waals surface area contributed by atoms with Crippen LogP contribution in [0.25, 0.3) is 0 Å². The van der Waals surface area contributed by atoms with Crippen molar-refractivity contribution in [1.29, 1.82) is 0 Å². The summed E-state index contributed by atoms with van der Waals surface area (Å²) in [5.41, 5.74) is 0.868. The highest BCUT2D eigenvalue weighted by atomic mass is 16.5. The number of hydrogen-bond acceptors (Lipinski definition) is 5. The lowest BCUT2D eigenvalue weighted by atomic mass is 10.0. The average molecular weight is 324 g/mol. The number of hydrogen-bond donors (Lipinski definition) is 4. The quantitative estimate of drug-likeness (QED) is 0.576. The second kappa shape index (κ2) is 7.30. The highest BCUT2D eigenvalue weighted by Crippen LogP contribution is 2.23. The van der Waals surface area contributed by atoms with Crippen LogP contribution in [0.5, 0.6) is 5.75 Å². The number of β-amino-alcohol motifs (C(OH)–C–C–N with tert-alkyl or cyclic N) is 1. The van der Waals surface area contributed by atoms with E-state index in [9.17, 15) is 19.8 Å². The van der Waals surface area contributed by atoms with E-state index >= 15 is 0 Å². The van der Waals surface area contributed by atoms with Gasteiger partial charge in [0.2, 0.25) is 5.91 Å². The zero-order chi connectivity index (χ0) is 17.0. The van der Waals surface area contributed by atoms with Crippen LogP contribution in [-0.2, 0) is 11.2 Å². The van der Waals surface area contributed by atoms with E-state index in [1.165, 1.54) is 4.90 Å². The topological polar surface area (TPSA) is 119 Å². The Bertz CT molecular complexity index is 562. The molecule has 4 N–H and O–H groups in total. The van der Waals surface area contributed by atoms with Crippen molar-refractivity contribution in [2.24, 2.45) is 0 Å². The third kappa shape index (κ3) is 4.11. The number of carbonyl (C=O) groups is 2. The highest BCUT2D eigenvalue weighted by molar-refractivity contribution is 5.82. The molecule has 1 saturated heterocycles. The first-order valence-corrected chi connectivity index (χ1v) is 7.17. The number of likely N-dealkylation sites (tertiary alicyclic amines) is 1. The average Bonchev–Trinajstić information content (AvgIpc) is 2.81. The number of aliphatic hydroxyl groups excluding tert-OH is 2. The monoisotopic (exact) mass is 324 g/mol. The molecule has 1 aliphatic rings. The minimum atomic E-state index is -1.30. The molecule has 1 fully saturated rings. The van der Waals surface area contributed by atoms with Crippen molar-refractivity contribution < 1.29 is 29.6 Å². The van der Waals surface area contributed by atoms with Crippen LogP contribution in [0.15, 0.2) is 24.3 Å². The van der Waals surface area contributed by atoms with Crippen molar-refractivity contribution in [1.82, 2.24) is 10.2 Å². The summed E-state index contributed by atoms with van der Waals surface area (Å²) in [4.78, 5) is 23.9. The number of rotatable bonds is 5. The summed E-state index contributed by atoms with van der Waals surface area (Å²) < 4.78 is 5.07. The first-order valence-electron chi connectivity index (χ1n) is 7.17. The second-order valence-corrected chi connectivity index (χ2v) is 5.38. The van der Waals surface area contributed by atoms with Crippen LogP contribution in [0.1, 0.15) is 5.56 Å². The van der Waals surface area contributed by atoms with Crippen LogP contribution in [0.3, 0.4) is 0 Å². The lowest BCUT2D eigenvalue weighted by Crippen LogP contribution is -2.45. The van der Waals surface area contributed by atoms with E-state index in [0.717, 1.165) is 5.56 Å². The number of nitrogens with one attached hydrogen (secondary N) is 1. The molecule has 2 rings (SSSR count). The van der Waals surface area contributed by atoms with E-state index in [-0.39, 0.29) is 6.54 Å². The number of amides is 2. The predicted molar refractivity (Wildman–Crippen MR) is 80.2 cm³/mol. The van der Waals surface area contributed by atoms with Gasteiger partial charge in [0.15, 0.2) is 0 Å². The molecular formula is C15H20N2O6. The molecule has 0 aliphatic carbocycles. The molecule has 1 aliphatic heterocycles. The number of carbonyl (C=O) groups excluding carboxylic acids is 1. The maximum atomic E-state index is 12.1. The van der Waals surface area contributed by atoms with E-state index in [2.05, 4.69) is 0 Å². The van der Waals surface area contributed by atoms with Gasteiger partial charge in [-0.25, -0.2) is 4.79 Å². The van der Waals surface area contributed by atoms with Gasteiger partial charge in [0.25, 0.3) is 0 Å². The summed E-state index contributed by atoms with van der Waals surface area (Å²) in [6, 6.07) is 6.56. The van der Waals surface area contributed by atoms with Gasteiger partial charge in [-0.3, -0.25) is 4.79 Å². The van der Waals surface area contributed by atoms with Crippen molar-refractivity contribution in [2.75, 3.05) is 20.2 Å². The van der Waals surface area contributed by atoms with Gasteiger partial charge < -0.3 is 30.3 Å². The Morgan fingerprint density at radius 2 is 1.96 bits per heavy atom. The van der Waals surface area contributed by atoms with Crippen LogP contribution in [-0.4, -0.2) is 70.7 Å². The van der Waals surface area contributed by atoms with Gasteiger partial charge in [0.1, 0.15) is 18.4 Å². The predicted octanol–water partition coefficient (Wildman–Crippen LogP) is -0.562. The summed E-state index contributed by atoms with van der Waals surface area (Å²) >= 11 is 0. The van der Waals surface area contributed by atoms with E-state index in [0.29, 0.717) is 12.2 Å². The van der Waals surface area contributed by atoms with Gasteiger partial charge in [0.05, 0.1) is 19.3 Å². The standard InChI is InChI=1S/C15H20N2O6/c1-23-10-4-2-9(3-5-10)6-11-14(20)12(18)8-17(11)13(19)7-16-15(21)22/h2-5,11-12,14,16,18,20H,6-8H2,1H3,(H,21,22)/t11-,12+,14+/m1/s1. The van der Waals surface area contributed by atoms with Gasteiger partial charge in [-0.1, -0.05) is 12.1 Å². The zero-order valence-corrected chi connectivity index (χ0v) is 12.7. The molecule has 0 spiro atoms. The number of benzene rings is 1. The Morgan fingerprint density at radius 1 is 1.30 bits per heavy atom. The molecule has 8 heteroatoms. The van der Waals surface area contributed by atoms with Crippen molar-refractivity contribution >= 4 is 12.0 Å². The summed E-state index contributed by atoms with van der Waals surface area (Å²) in [7, 11) is 1.56. The van der Waals surface area contributed by atoms with Gasteiger partial charge >= 0.3 is 6.09 Å². The number of ether oxygens (including phenoxy) is 1. The molecule has 0 unspecified atom stereocenters. The lowest BCUT2D eigenvalue weighted by molar-refractivity contribution is -0.131. The molecule has 8 nitrogen and oxygen atoms in total. The summed E-state index contributed by atoms with van der Waals surface area (Å²) in [5.74, 6) is 0.209. The molecule has 0 bridgehead atoms. The van der Waals surface area contributed by atoms with Crippen molar-refractivity contribution in [3.8, 4) is 5.75 Å². The molecule has 1 heterocycles. The molecule has 0 aromatic heterocycles. The largest absolute Gasteiger partial charge is 0.497 e. The smallest absolute Gasteiger partial charge is 0.405 e. The van der Waals surface area contributed by atoms with Crippen molar-refractivity contribution in [2.45, 2.75) is 24.7 Å². The Labute approximate surface area is 133 Å². The van der Waals surface area contributed by atoms with Crippen LogP contribution < -0.4 is 10.1 Å². The fraction of sp³-hybridized carbons (Fsp3) is 0.467. The lowest BCUT2D eigenvalue weighted by Gasteiger charge is -2.26. The number of carboxylic acid groups (broad SMARTS) is 1. The highest BCUT2D eigenvalue weighted by Gasteiger charge is 2.42. The number of methoxy groups -OCH3 is 1. The molecule has 0 radical (unpaired) electrons. The zero-order valence-electron chi connectivity index (χ0n) is 12.7. The molecular weight excluding hydrogens is 304 g/mol. The Hall–Kier alpha value is -2.32. The first kappa shape index (κ1) is 17.0. The summed E-state index contributed by atoms with van der Waals surface area (Å²) in [6.45, 7) is -0.421. The molecule has 1 aromatic rings. The Kier molecular flexibility index (Phi) is 5.41. The van der Waals surface area contributed by atoms with Gasteiger partial charge in [0, 0.05) is 6.54 Å². The summed E-state index contributed by atoms with van der Waals surface area (Å²) in [5, 5.41) is 30.5. The third-order valence-electron chi connectivity index (χ3n) is 3.89. The van der Waals surface area contributed by atoms with Gasteiger partial charge in [-0.2, -0.15) is 0 Å². The molecule has 23 heavy (non-hydrogen) atoms. The first-order chi connectivity index (χ1) is 10.9. The maximum Gasteiger partial charge on any atom is 0.405 e. The molecule has 2 amide bonds. The minimum absolute atomic E-state index is 0.0257. The molecule has 3 atom stereocenters. The van der Waals surface area contributed by atoms with Crippen LogP contribution in [0, 0.1) is 0 Å². The fourth-order valence-corrected chi connectivity index (χ4v) is 2.66. The number of aliphatic hydroxyl groups is 2. The van der Waals surface area contributed by atoms with E-state index in [1.807, 2.05) is 17.4 Å². The molecule has 0 saturated carbocycles.